The molecular formula is C12H12NO. The second kappa shape index (κ2) is 3.66. The summed E-state index contributed by atoms with van der Waals surface area (Å²) in [7, 11) is 0. The Hall–Kier alpha value is -1.57. The van der Waals surface area contributed by atoms with Crippen molar-refractivity contribution < 1.29 is 4.42 Å². The first-order chi connectivity index (χ1) is 6.77. The molecule has 1 radical (unpaired) electrons. The molecule has 0 saturated carbocycles. The summed E-state index contributed by atoms with van der Waals surface area (Å²) in [5.41, 5.74) is 1.81. The molecule has 2 aromatic heterocycles. The summed E-state index contributed by atoms with van der Waals surface area (Å²) < 4.78 is 5.28. The second-order valence-corrected chi connectivity index (χ2v) is 3.37. The SMILES string of the molecule is [CH2]C(C)C=Cc1nccc2occc12. The first-order valence-corrected chi connectivity index (χ1v) is 4.61. The van der Waals surface area contributed by atoms with Crippen LogP contribution in [0.3, 0.4) is 0 Å². The van der Waals surface area contributed by atoms with Crippen LogP contribution in [-0.2, 0) is 0 Å². The van der Waals surface area contributed by atoms with Gasteiger partial charge in [-0.15, -0.1) is 0 Å². The van der Waals surface area contributed by atoms with E-state index < -0.39 is 0 Å². The Kier molecular flexibility index (Phi) is 2.35. The van der Waals surface area contributed by atoms with Crippen molar-refractivity contribution in [3.8, 4) is 0 Å². The van der Waals surface area contributed by atoms with Crippen molar-refractivity contribution in [3.63, 3.8) is 0 Å². The standard InChI is InChI=1S/C12H12NO/c1-9(2)3-4-11-10-6-8-14-12(10)5-7-13-11/h3-9H,1H2,2H3. The lowest BCUT2D eigenvalue weighted by atomic mass is 10.1. The molecule has 0 aliphatic heterocycles. The van der Waals surface area contributed by atoms with Gasteiger partial charge in [0.15, 0.2) is 0 Å². The molecule has 2 nitrogen and oxygen atoms in total. The largest absolute Gasteiger partial charge is 0.464 e. The Balaban J connectivity index is 2.46. The van der Waals surface area contributed by atoms with Gasteiger partial charge in [-0.05, 0) is 31.1 Å². The number of aromatic nitrogens is 1. The van der Waals surface area contributed by atoms with E-state index in [-0.39, 0.29) is 0 Å². The third kappa shape index (κ3) is 1.69. The molecule has 2 heteroatoms. The molecule has 0 aliphatic carbocycles. The Bertz CT molecular complexity index is 454. The Morgan fingerprint density at radius 2 is 2.36 bits per heavy atom. The first-order valence-electron chi connectivity index (χ1n) is 4.61. The van der Waals surface area contributed by atoms with Crippen LogP contribution in [0.5, 0.6) is 0 Å². The number of rotatable bonds is 2. The molecule has 14 heavy (non-hydrogen) atoms. The minimum atomic E-state index is 0.291. The predicted octanol–water partition coefficient (Wildman–Crippen LogP) is 3.31. The van der Waals surface area contributed by atoms with Gasteiger partial charge in [0, 0.05) is 11.6 Å². The van der Waals surface area contributed by atoms with Gasteiger partial charge in [-0.3, -0.25) is 4.98 Å². The van der Waals surface area contributed by atoms with Gasteiger partial charge >= 0.3 is 0 Å². The highest BCUT2D eigenvalue weighted by Crippen LogP contribution is 2.19. The number of allylic oxidation sites excluding steroid dienone is 1. The molecule has 1 unspecified atom stereocenters. The lowest BCUT2D eigenvalue weighted by molar-refractivity contribution is 0.615. The number of hydrogen-bond donors (Lipinski definition) is 0. The van der Waals surface area contributed by atoms with E-state index >= 15 is 0 Å². The Labute approximate surface area is 83.3 Å². The quantitative estimate of drug-likeness (QED) is 0.719. The van der Waals surface area contributed by atoms with Crippen LogP contribution >= 0.6 is 0 Å². The van der Waals surface area contributed by atoms with Crippen LogP contribution < -0.4 is 0 Å². The highest BCUT2D eigenvalue weighted by molar-refractivity contribution is 5.84. The lowest BCUT2D eigenvalue weighted by Crippen LogP contribution is -1.82. The molecule has 0 N–H and O–H groups in total. The molecule has 1 atom stereocenters. The van der Waals surface area contributed by atoms with Crippen LogP contribution in [-0.4, -0.2) is 4.98 Å². The topological polar surface area (TPSA) is 26.0 Å². The highest BCUT2D eigenvalue weighted by Gasteiger charge is 2.00. The summed E-state index contributed by atoms with van der Waals surface area (Å²) in [4.78, 5) is 4.28. The smallest absolute Gasteiger partial charge is 0.137 e. The molecule has 2 aromatic rings. The average molecular weight is 186 g/mol. The van der Waals surface area contributed by atoms with E-state index in [2.05, 4.69) is 11.9 Å². The van der Waals surface area contributed by atoms with E-state index in [1.165, 1.54) is 0 Å². The predicted molar refractivity (Wildman–Crippen MR) is 57.6 cm³/mol. The monoisotopic (exact) mass is 186 g/mol. The maximum Gasteiger partial charge on any atom is 0.137 e. The van der Waals surface area contributed by atoms with Gasteiger partial charge in [-0.1, -0.05) is 13.0 Å². The lowest BCUT2D eigenvalue weighted by Gasteiger charge is -1.96. The molecule has 0 aromatic carbocycles. The van der Waals surface area contributed by atoms with Gasteiger partial charge in [-0.25, -0.2) is 0 Å². The van der Waals surface area contributed by atoms with Crippen molar-refractivity contribution in [3.05, 3.63) is 43.3 Å². The molecule has 0 amide bonds. The van der Waals surface area contributed by atoms with Crippen LogP contribution in [0.4, 0.5) is 0 Å². The number of fused-ring (bicyclic) bond motifs is 1. The van der Waals surface area contributed by atoms with Gasteiger partial charge in [0.05, 0.1) is 12.0 Å². The molecule has 2 rings (SSSR count). The first kappa shape index (κ1) is 9.00. The van der Waals surface area contributed by atoms with Crippen molar-refractivity contribution in [1.29, 1.82) is 0 Å². The highest BCUT2D eigenvalue weighted by atomic mass is 16.3. The number of nitrogens with zero attached hydrogens (tertiary/aromatic N) is 1. The van der Waals surface area contributed by atoms with E-state index in [1.54, 1.807) is 12.5 Å². The normalized spacial score (nSPS) is 11.9. The molecule has 0 saturated heterocycles. The van der Waals surface area contributed by atoms with E-state index in [4.69, 9.17) is 4.42 Å². The summed E-state index contributed by atoms with van der Waals surface area (Å²) in [5, 5.41) is 1.05. The van der Waals surface area contributed by atoms with Crippen molar-refractivity contribution >= 4 is 17.0 Å². The van der Waals surface area contributed by atoms with Gasteiger partial charge in [0.1, 0.15) is 5.58 Å². The van der Waals surface area contributed by atoms with Crippen LogP contribution in [0, 0.1) is 12.8 Å². The van der Waals surface area contributed by atoms with E-state index in [0.717, 1.165) is 16.7 Å². The van der Waals surface area contributed by atoms with Gasteiger partial charge in [0.25, 0.3) is 0 Å². The van der Waals surface area contributed by atoms with Crippen molar-refractivity contribution in [2.45, 2.75) is 6.92 Å². The minimum Gasteiger partial charge on any atom is -0.464 e. The van der Waals surface area contributed by atoms with Gasteiger partial charge < -0.3 is 4.42 Å². The van der Waals surface area contributed by atoms with Gasteiger partial charge in [-0.2, -0.15) is 0 Å². The molecule has 71 valence electrons. The summed E-state index contributed by atoms with van der Waals surface area (Å²) in [5.74, 6) is 0.291. The van der Waals surface area contributed by atoms with E-state index in [9.17, 15) is 0 Å². The zero-order chi connectivity index (χ0) is 9.97. The third-order valence-corrected chi connectivity index (χ3v) is 1.99. The Morgan fingerprint density at radius 3 is 3.14 bits per heavy atom. The summed E-state index contributed by atoms with van der Waals surface area (Å²) in [6, 6.07) is 3.79. The molecular weight excluding hydrogens is 174 g/mol. The maximum atomic E-state index is 5.28. The second-order valence-electron chi connectivity index (χ2n) is 3.37. The fourth-order valence-electron chi connectivity index (χ4n) is 1.30. The van der Waals surface area contributed by atoms with Crippen molar-refractivity contribution in [1.82, 2.24) is 4.98 Å². The van der Waals surface area contributed by atoms with Crippen LogP contribution in [0.1, 0.15) is 12.6 Å². The van der Waals surface area contributed by atoms with Crippen LogP contribution in [0.2, 0.25) is 0 Å². The van der Waals surface area contributed by atoms with Gasteiger partial charge in [0.2, 0.25) is 0 Å². The molecule has 0 fully saturated rings. The zero-order valence-electron chi connectivity index (χ0n) is 8.10. The van der Waals surface area contributed by atoms with Crippen molar-refractivity contribution in [2.24, 2.45) is 5.92 Å². The fourth-order valence-corrected chi connectivity index (χ4v) is 1.30. The Morgan fingerprint density at radius 1 is 1.50 bits per heavy atom. The minimum absolute atomic E-state index is 0.291. The molecule has 0 bridgehead atoms. The molecule has 0 spiro atoms. The average Bonchev–Trinajstić information content (AvgIpc) is 2.62. The van der Waals surface area contributed by atoms with Crippen LogP contribution in [0.25, 0.3) is 17.0 Å². The summed E-state index contributed by atoms with van der Waals surface area (Å²) in [6.07, 6.45) is 7.43. The zero-order valence-corrected chi connectivity index (χ0v) is 8.10. The van der Waals surface area contributed by atoms with E-state index in [1.807, 2.05) is 31.2 Å². The number of hydrogen-bond acceptors (Lipinski definition) is 2. The summed E-state index contributed by atoms with van der Waals surface area (Å²) in [6.45, 7) is 5.92. The van der Waals surface area contributed by atoms with E-state index in [0.29, 0.717) is 5.92 Å². The van der Waals surface area contributed by atoms with Crippen molar-refractivity contribution in [2.75, 3.05) is 0 Å². The third-order valence-electron chi connectivity index (χ3n) is 1.99. The van der Waals surface area contributed by atoms with Crippen LogP contribution in [0.15, 0.2) is 35.1 Å². The number of furan rings is 1. The fraction of sp³-hybridized carbons (Fsp3) is 0.167. The maximum absolute atomic E-state index is 5.28. The molecule has 0 aliphatic rings. The molecule has 2 heterocycles. The summed E-state index contributed by atoms with van der Waals surface area (Å²) >= 11 is 0. The number of pyridine rings is 1.